The van der Waals surface area contributed by atoms with Gasteiger partial charge in [0.2, 0.25) is 0 Å². The van der Waals surface area contributed by atoms with Crippen molar-refractivity contribution in [2.24, 2.45) is 0 Å². The van der Waals surface area contributed by atoms with Gasteiger partial charge >= 0.3 is 0 Å². The molecule has 6 heteroatoms. The zero-order valence-corrected chi connectivity index (χ0v) is 8.33. The van der Waals surface area contributed by atoms with Gasteiger partial charge in [0.1, 0.15) is 0 Å². The summed E-state index contributed by atoms with van der Waals surface area (Å²) in [5, 5.41) is 13.4. The predicted octanol–water partition coefficient (Wildman–Crippen LogP) is -1.91. The molecular formula is C6H10N2O2S2. The Morgan fingerprint density at radius 2 is 2.58 bits per heavy atom. The molecule has 0 radical (unpaired) electrons. The Hall–Kier alpha value is -0.330. The van der Waals surface area contributed by atoms with Crippen molar-refractivity contribution in [1.82, 2.24) is 10.2 Å². The molecule has 1 heterocycles. The molecule has 1 saturated heterocycles. The Labute approximate surface area is 79.3 Å². The van der Waals surface area contributed by atoms with Gasteiger partial charge in [-0.15, -0.1) is 0 Å². The molecule has 0 aromatic rings. The maximum absolute atomic E-state index is 10.3. The topological polar surface area (TPSA) is 55.4 Å². The average molecular weight is 206 g/mol. The van der Waals surface area contributed by atoms with E-state index in [1.807, 2.05) is 11.9 Å². The van der Waals surface area contributed by atoms with Crippen LogP contribution in [0.4, 0.5) is 0 Å². The number of carboxylic acid groups (broad SMARTS) is 1. The average Bonchev–Trinajstić information content (AvgIpc) is 1.98. The van der Waals surface area contributed by atoms with E-state index in [9.17, 15) is 9.90 Å². The fourth-order valence-electron chi connectivity index (χ4n) is 0.938. The third-order valence-electron chi connectivity index (χ3n) is 1.48. The van der Waals surface area contributed by atoms with E-state index < -0.39 is 5.97 Å². The van der Waals surface area contributed by atoms with Crippen LogP contribution >= 0.6 is 12.2 Å². The SMILES string of the molecule is CN1CNC[S+](CC(=O)[O-])C1=S. The Balaban J connectivity index is 2.52. The summed E-state index contributed by atoms with van der Waals surface area (Å²) in [5.41, 5.74) is 0. The molecule has 1 N–H and O–H groups in total. The van der Waals surface area contributed by atoms with Crippen LogP contribution in [-0.4, -0.2) is 40.5 Å². The summed E-state index contributed by atoms with van der Waals surface area (Å²) in [5.74, 6) is -0.328. The van der Waals surface area contributed by atoms with Gasteiger partial charge in [-0.3, -0.25) is 5.32 Å². The number of carbonyl (C=O) groups excluding carboxylic acids is 1. The molecule has 1 rings (SSSR count). The van der Waals surface area contributed by atoms with Gasteiger partial charge in [0.05, 0.1) is 23.5 Å². The van der Waals surface area contributed by atoms with E-state index in [2.05, 4.69) is 5.32 Å². The van der Waals surface area contributed by atoms with Gasteiger partial charge in [-0.2, -0.15) is 0 Å². The maximum atomic E-state index is 10.3. The fourth-order valence-corrected chi connectivity index (χ4v) is 2.83. The van der Waals surface area contributed by atoms with Crippen molar-refractivity contribution in [3.05, 3.63) is 0 Å². The van der Waals surface area contributed by atoms with Crippen LogP contribution in [-0.2, 0) is 15.7 Å². The highest BCUT2D eigenvalue weighted by Gasteiger charge is 2.31. The molecule has 1 unspecified atom stereocenters. The standard InChI is InChI=1S/C6H10N2O2S2/c1-8-3-7-4-12(6(8)11)2-5(9)10/h7H,2-4H2,1H3. The maximum Gasteiger partial charge on any atom is 0.292 e. The molecule has 0 bridgehead atoms. The molecule has 0 aromatic heterocycles. The Kier molecular flexibility index (Phi) is 3.30. The predicted molar refractivity (Wildman–Crippen MR) is 50.5 cm³/mol. The van der Waals surface area contributed by atoms with Crippen LogP contribution in [0, 0.1) is 0 Å². The van der Waals surface area contributed by atoms with Crippen LogP contribution in [0.5, 0.6) is 0 Å². The van der Waals surface area contributed by atoms with E-state index in [4.69, 9.17) is 12.2 Å². The summed E-state index contributed by atoms with van der Waals surface area (Å²) >= 11 is 5.08. The van der Waals surface area contributed by atoms with Crippen molar-refractivity contribution in [1.29, 1.82) is 0 Å². The molecule has 1 atom stereocenters. The first-order chi connectivity index (χ1) is 5.61. The van der Waals surface area contributed by atoms with Gasteiger partial charge in [-0.1, -0.05) is 0 Å². The summed E-state index contributed by atoms with van der Waals surface area (Å²) in [6.07, 6.45) is 0. The second-order valence-corrected chi connectivity index (χ2v) is 5.12. The number of carbonyl (C=O) groups is 1. The molecule has 0 spiro atoms. The molecule has 1 aliphatic heterocycles. The monoisotopic (exact) mass is 206 g/mol. The van der Waals surface area contributed by atoms with Gasteiger partial charge in [-0.05, 0) is 12.2 Å². The number of hydrogen-bond acceptors (Lipinski definition) is 4. The number of aliphatic carboxylic acids is 1. The summed E-state index contributed by atoms with van der Waals surface area (Å²) in [6.45, 7) is 0.704. The number of rotatable bonds is 2. The first-order valence-corrected chi connectivity index (χ1v) is 5.41. The second kappa shape index (κ2) is 4.06. The van der Waals surface area contributed by atoms with Crippen molar-refractivity contribution in [2.75, 3.05) is 25.3 Å². The van der Waals surface area contributed by atoms with Crippen LogP contribution in [0.1, 0.15) is 0 Å². The van der Waals surface area contributed by atoms with Gasteiger partial charge in [0.15, 0.2) is 11.6 Å². The first-order valence-electron chi connectivity index (χ1n) is 3.44. The highest BCUT2D eigenvalue weighted by atomic mass is 32.2. The minimum Gasteiger partial charge on any atom is -0.545 e. The van der Waals surface area contributed by atoms with E-state index in [0.717, 1.165) is 4.32 Å². The minimum absolute atomic E-state index is 0.0379. The molecule has 0 aliphatic carbocycles. The van der Waals surface area contributed by atoms with Crippen molar-refractivity contribution in [2.45, 2.75) is 0 Å². The highest BCUT2D eigenvalue weighted by Crippen LogP contribution is 2.06. The quantitative estimate of drug-likeness (QED) is 0.422. The summed E-state index contributed by atoms with van der Waals surface area (Å²) in [6, 6.07) is 0. The number of hydrogen-bond donors (Lipinski definition) is 1. The summed E-state index contributed by atoms with van der Waals surface area (Å²) < 4.78 is 0.734. The van der Waals surface area contributed by atoms with Crippen molar-refractivity contribution < 1.29 is 9.90 Å². The van der Waals surface area contributed by atoms with Gasteiger partial charge in [-0.25, -0.2) is 0 Å². The lowest BCUT2D eigenvalue weighted by Gasteiger charge is -2.24. The number of nitrogens with one attached hydrogen (secondary N) is 1. The third-order valence-corrected chi connectivity index (χ3v) is 4.44. The Morgan fingerprint density at radius 3 is 3.17 bits per heavy atom. The summed E-state index contributed by atoms with van der Waals surface area (Å²) in [7, 11) is 1.49. The van der Waals surface area contributed by atoms with Crippen molar-refractivity contribution in [3.8, 4) is 0 Å². The van der Waals surface area contributed by atoms with Gasteiger partial charge < -0.3 is 14.8 Å². The van der Waals surface area contributed by atoms with Gasteiger partial charge in [0.25, 0.3) is 4.32 Å². The zero-order chi connectivity index (χ0) is 9.14. The highest BCUT2D eigenvalue weighted by molar-refractivity contribution is 8.20. The lowest BCUT2D eigenvalue weighted by Crippen LogP contribution is -2.51. The normalized spacial score (nSPS) is 24.2. The fraction of sp³-hybridized carbons (Fsp3) is 0.667. The largest absolute Gasteiger partial charge is 0.545 e. The van der Waals surface area contributed by atoms with E-state index in [0.29, 0.717) is 12.5 Å². The van der Waals surface area contributed by atoms with E-state index in [1.165, 1.54) is 0 Å². The van der Waals surface area contributed by atoms with Gasteiger partial charge in [0, 0.05) is 7.05 Å². The number of thiocarbonyl (C=S) groups is 1. The summed E-state index contributed by atoms with van der Waals surface area (Å²) in [4.78, 5) is 12.2. The number of nitrogens with zero attached hydrogens (tertiary/aromatic N) is 1. The second-order valence-electron chi connectivity index (χ2n) is 2.53. The van der Waals surface area contributed by atoms with E-state index >= 15 is 0 Å². The van der Waals surface area contributed by atoms with Crippen LogP contribution in [0.2, 0.25) is 0 Å². The molecule has 68 valence electrons. The molecule has 4 nitrogen and oxygen atoms in total. The molecule has 1 fully saturated rings. The van der Waals surface area contributed by atoms with Crippen LogP contribution in [0.15, 0.2) is 0 Å². The third kappa shape index (κ3) is 2.33. The Morgan fingerprint density at radius 1 is 1.92 bits per heavy atom. The molecule has 0 saturated carbocycles. The lowest BCUT2D eigenvalue weighted by atomic mass is 10.8. The van der Waals surface area contributed by atoms with Crippen LogP contribution in [0.25, 0.3) is 0 Å². The smallest absolute Gasteiger partial charge is 0.292 e. The van der Waals surface area contributed by atoms with Crippen LogP contribution < -0.4 is 10.4 Å². The number of carboxylic acids is 1. The molecule has 0 aromatic carbocycles. The molecular weight excluding hydrogens is 196 g/mol. The zero-order valence-electron chi connectivity index (χ0n) is 6.70. The molecule has 12 heavy (non-hydrogen) atoms. The van der Waals surface area contributed by atoms with E-state index in [-0.39, 0.29) is 16.6 Å². The molecule has 1 aliphatic rings. The first kappa shape index (κ1) is 9.76. The minimum atomic E-state index is -1.03. The van der Waals surface area contributed by atoms with Crippen molar-refractivity contribution >= 4 is 33.4 Å². The van der Waals surface area contributed by atoms with Crippen LogP contribution in [0.3, 0.4) is 0 Å². The van der Waals surface area contributed by atoms with E-state index in [1.54, 1.807) is 0 Å². The lowest BCUT2D eigenvalue weighted by molar-refractivity contribution is -0.301. The Bertz CT molecular complexity index is 210. The molecule has 0 amide bonds. The van der Waals surface area contributed by atoms with Crippen molar-refractivity contribution in [3.63, 3.8) is 0 Å².